The maximum Gasteiger partial charge on any atom is 0.172 e. The van der Waals surface area contributed by atoms with Crippen molar-refractivity contribution in [3.63, 3.8) is 0 Å². The Hall–Kier alpha value is -2.10. The Balaban J connectivity index is 2.13. The predicted molar refractivity (Wildman–Crippen MR) is 61.2 cm³/mol. The molecule has 1 aliphatic rings. The summed E-state index contributed by atoms with van der Waals surface area (Å²) in [5, 5.41) is 7.25. The second kappa shape index (κ2) is 3.48. The SMILES string of the molecule is CN=C1NCc2c1noc2-c1ccccc1. The van der Waals surface area contributed by atoms with Crippen molar-refractivity contribution in [2.45, 2.75) is 6.54 Å². The standard InChI is InChI=1S/C12H11N3O/c1-13-12-10-9(7-14-12)11(16-15-10)8-5-3-2-4-6-8/h2-6H,7H2,1H3,(H,13,14). The molecule has 16 heavy (non-hydrogen) atoms. The summed E-state index contributed by atoms with van der Waals surface area (Å²) < 4.78 is 5.38. The molecule has 3 rings (SSSR count). The average Bonchev–Trinajstić information content (AvgIpc) is 2.90. The van der Waals surface area contributed by atoms with Crippen LogP contribution in [0.25, 0.3) is 11.3 Å². The van der Waals surface area contributed by atoms with E-state index in [1.54, 1.807) is 7.05 Å². The molecule has 0 saturated heterocycles. The second-order valence-corrected chi connectivity index (χ2v) is 3.63. The zero-order valence-electron chi connectivity index (χ0n) is 8.90. The van der Waals surface area contributed by atoms with Crippen LogP contribution in [0.4, 0.5) is 0 Å². The third-order valence-corrected chi connectivity index (χ3v) is 2.70. The van der Waals surface area contributed by atoms with Gasteiger partial charge in [0.25, 0.3) is 0 Å². The molecule has 0 spiro atoms. The highest BCUT2D eigenvalue weighted by Crippen LogP contribution is 2.28. The van der Waals surface area contributed by atoms with E-state index in [0.29, 0.717) is 0 Å². The molecule has 1 aliphatic heterocycles. The fourth-order valence-electron chi connectivity index (χ4n) is 1.92. The number of hydrogen-bond donors (Lipinski definition) is 1. The molecule has 0 bridgehead atoms. The Labute approximate surface area is 93.0 Å². The first-order valence-corrected chi connectivity index (χ1v) is 5.15. The predicted octanol–water partition coefficient (Wildman–Crippen LogP) is 1.82. The van der Waals surface area contributed by atoms with E-state index >= 15 is 0 Å². The van der Waals surface area contributed by atoms with Crippen molar-refractivity contribution in [1.82, 2.24) is 10.5 Å². The molecule has 2 heterocycles. The first-order chi connectivity index (χ1) is 7.90. The van der Waals surface area contributed by atoms with Gasteiger partial charge in [-0.3, -0.25) is 4.99 Å². The van der Waals surface area contributed by atoms with Crippen LogP contribution in [0.1, 0.15) is 11.3 Å². The number of benzene rings is 1. The smallest absolute Gasteiger partial charge is 0.172 e. The molecule has 0 radical (unpaired) electrons. The van der Waals surface area contributed by atoms with Crippen molar-refractivity contribution in [2.24, 2.45) is 4.99 Å². The van der Waals surface area contributed by atoms with Crippen molar-refractivity contribution in [3.8, 4) is 11.3 Å². The summed E-state index contributed by atoms with van der Waals surface area (Å²) in [6.07, 6.45) is 0. The van der Waals surface area contributed by atoms with E-state index in [1.165, 1.54) is 0 Å². The van der Waals surface area contributed by atoms with Crippen molar-refractivity contribution < 1.29 is 4.52 Å². The van der Waals surface area contributed by atoms with E-state index < -0.39 is 0 Å². The molecule has 0 amide bonds. The lowest BCUT2D eigenvalue weighted by Gasteiger charge is -1.97. The molecule has 1 N–H and O–H groups in total. The summed E-state index contributed by atoms with van der Waals surface area (Å²) in [6, 6.07) is 9.99. The minimum atomic E-state index is 0.732. The quantitative estimate of drug-likeness (QED) is 0.786. The first-order valence-electron chi connectivity index (χ1n) is 5.15. The molecule has 1 aromatic carbocycles. The van der Waals surface area contributed by atoms with Gasteiger partial charge in [0.05, 0.1) is 5.56 Å². The molecule has 80 valence electrons. The zero-order chi connectivity index (χ0) is 11.0. The van der Waals surface area contributed by atoms with Gasteiger partial charge in [-0.25, -0.2) is 0 Å². The molecular formula is C12H11N3O. The Morgan fingerprint density at radius 2 is 2.12 bits per heavy atom. The molecule has 4 nitrogen and oxygen atoms in total. The number of nitrogens with zero attached hydrogens (tertiary/aromatic N) is 2. The van der Waals surface area contributed by atoms with Gasteiger partial charge in [0.1, 0.15) is 0 Å². The van der Waals surface area contributed by atoms with E-state index in [9.17, 15) is 0 Å². The maximum atomic E-state index is 5.38. The van der Waals surface area contributed by atoms with E-state index in [4.69, 9.17) is 4.52 Å². The Kier molecular flexibility index (Phi) is 1.99. The number of aliphatic imine (C=N–C) groups is 1. The van der Waals surface area contributed by atoms with Crippen LogP contribution in [0.15, 0.2) is 39.8 Å². The number of amidine groups is 1. The number of fused-ring (bicyclic) bond motifs is 1. The molecule has 0 aliphatic carbocycles. The van der Waals surface area contributed by atoms with Crippen molar-refractivity contribution in [2.75, 3.05) is 7.05 Å². The minimum absolute atomic E-state index is 0.732. The molecule has 1 aromatic heterocycles. The van der Waals surface area contributed by atoms with E-state index in [-0.39, 0.29) is 0 Å². The molecule has 4 heteroatoms. The zero-order valence-corrected chi connectivity index (χ0v) is 8.90. The summed E-state index contributed by atoms with van der Waals surface area (Å²) in [5.41, 5.74) is 2.98. The Morgan fingerprint density at radius 3 is 2.88 bits per heavy atom. The molecule has 2 aromatic rings. The maximum absolute atomic E-state index is 5.38. The van der Waals surface area contributed by atoms with Crippen LogP contribution in [0.3, 0.4) is 0 Å². The van der Waals surface area contributed by atoms with Crippen molar-refractivity contribution in [1.29, 1.82) is 0 Å². The lowest BCUT2D eigenvalue weighted by atomic mass is 10.1. The molecule has 0 atom stereocenters. The summed E-state index contributed by atoms with van der Waals surface area (Å²) in [4.78, 5) is 4.12. The molecular weight excluding hydrogens is 202 g/mol. The van der Waals surface area contributed by atoms with Gasteiger partial charge in [-0.2, -0.15) is 0 Å². The van der Waals surface area contributed by atoms with Crippen LogP contribution in [-0.4, -0.2) is 18.0 Å². The molecule has 0 saturated carbocycles. The van der Waals surface area contributed by atoms with Gasteiger partial charge in [0.2, 0.25) is 0 Å². The lowest BCUT2D eigenvalue weighted by Crippen LogP contribution is -2.15. The number of rotatable bonds is 1. The lowest BCUT2D eigenvalue weighted by molar-refractivity contribution is 0.428. The van der Waals surface area contributed by atoms with Crippen LogP contribution < -0.4 is 5.32 Å². The van der Waals surface area contributed by atoms with Gasteiger partial charge in [-0.05, 0) is 0 Å². The first kappa shape index (κ1) is 9.15. The number of hydrogen-bond acceptors (Lipinski definition) is 3. The van der Waals surface area contributed by atoms with Crippen LogP contribution >= 0.6 is 0 Å². The Bertz CT molecular complexity index is 543. The molecule has 0 fully saturated rings. The highest BCUT2D eigenvalue weighted by Gasteiger charge is 2.26. The summed E-state index contributed by atoms with van der Waals surface area (Å²) >= 11 is 0. The number of aromatic nitrogens is 1. The fourth-order valence-corrected chi connectivity index (χ4v) is 1.92. The molecule has 0 unspecified atom stereocenters. The fraction of sp³-hybridized carbons (Fsp3) is 0.167. The van der Waals surface area contributed by atoms with E-state index in [0.717, 1.165) is 35.0 Å². The second-order valence-electron chi connectivity index (χ2n) is 3.63. The van der Waals surface area contributed by atoms with Gasteiger partial charge in [-0.15, -0.1) is 0 Å². The van der Waals surface area contributed by atoms with Crippen molar-refractivity contribution >= 4 is 5.84 Å². The van der Waals surface area contributed by atoms with E-state index in [2.05, 4.69) is 15.5 Å². The van der Waals surface area contributed by atoms with Gasteiger partial charge in [0.15, 0.2) is 17.3 Å². The van der Waals surface area contributed by atoms with Gasteiger partial charge in [-0.1, -0.05) is 35.5 Å². The normalized spacial score (nSPS) is 16.2. The summed E-state index contributed by atoms with van der Waals surface area (Å²) in [7, 11) is 1.74. The highest BCUT2D eigenvalue weighted by molar-refractivity contribution is 6.01. The number of nitrogens with one attached hydrogen (secondary N) is 1. The van der Waals surface area contributed by atoms with Gasteiger partial charge in [0, 0.05) is 19.2 Å². The van der Waals surface area contributed by atoms with Crippen LogP contribution in [0.5, 0.6) is 0 Å². The van der Waals surface area contributed by atoms with Crippen molar-refractivity contribution in [3.05, 3.63) is 41.6 Å². The third kappa shape index (κ3) is 1.23. The van der Waals surface area contributed by atoms with Crippen LogP contribution in [-0.2, 0) is 6.54 Å². The minimum Gasteiger partial charge on any atom is -0.364 e. The monoisotopic (exact) mass is 213 g/mol. The van der Waals surface area contributed by atoms with Gasteiger partial charge < -0.3 is 9.84 Å². The third-order valence-electron chi connectivity index (χ3n) is 2.70. The van der Waals surface area contributed by atoms with Gasteiger partial charge >= 0.3 is 0 Å². The Morgan fingerprint density at radius 1 is 1.31 bits per heavy atom. The van der Waals surface area contributed by atoms with Crippen LogP contribution in [0.2, 0.25) is 0 Å². The van der Waals surface area contributed by atoms with E-state index in [1.807, 2.05) is 30.3 Å². The average molecular weight is 213 g/mol. The summed E-state index contributed by atoms with van der Waals surface area (Å²) in [6.45, 7) is 0.732. The highest BCUT2D eigenvalue weighted by atomic mass is 16.5. The summed E-state index contributed by atoms with van der Waals surface area (Å²) in [5.74, 6) is 1.64. The van der Waals surface area contributed by atoms with Crippen LogP contribution in [0, 0.1) is 0 Å². The topological polar surface area (TPSA) is 50.4 Å². The largest absolute Gasteiger partial charge is 0.364 e.